The number of amides is 1. The molecule has 0 aliphatic heterocycles. The van der Waals surface area contributed by atoms with E-state index in [0.717, 1.165) is 15.2 Å². The summed E-state index contributed by atoms with van der Waals surface area (Å²) in [5.41, 5.74) is -0.141. The molecule has 8 nitrogen and oxygen atoms in total. The molecule has 3 rings (SSSR count). The zero-order valence-corrected chi connectivity index (χ0v) is 17.4. The molecule has 1 aromatic heterocycles. The van der Waals surface area contributed by atoms with Crippen LogP contribution in [0.25, 0.3) is 11.0 Å². The molecule has 3 aromatic rings. The fourth-order valence-corrected chi connectivity index (χ4v) is 4.25. The van der Waals surface area contributed by atoms with Crippen LogP contribution in [0.4, 0.5) is 10.1 Å². The molecule has 0 bridgehead atoms. The van der Waals surface area contributed by atoms with Crippen LogP contribution in [0, 0.1) is 12.7 Å². The third kappa shape index (κ3) is 4.04. The van der Waals surface area contributed by atoms with Crippen molar-refractivity contribution in [2.45, 2.75) is 18.2 Å². The van der Waals surface area contributed by atoms with Crippen molar-refractivity contribution >= 4 is 32.5 Å². The lowest BCUT2D eigenvalue weighted by molar-refractivity contribution is -0.115. The van der Waals surface area contributed by atoms with Crippen molar-refractivity contribution in [1.82, 2.24) is 9.13 Å². The van der Waals surface area contributed by atoms with E-state index in [1.165, 1.54) is 44.4 Å². The van der Waals surface area contributed by atoms with Crippen LogP contribution < -0.4 is 16.4 Å². The summed E-state index contributed by atoms with van der Waals surface area (Å²) in [6.45, 7) is 1.59. The van der Waals surface area contributed by atoms with Crippen LogP contribution in [-0.4, -0.2) is 29.2 Å². The molecule has 10 heteroatoms. The number of halogens is 1. The van der Waals surface area contributed by atoms with E-state index in [9.17, 15) is 27.2 Å². The molecule has 0 aliphatic rings. The number of nitrogens with zero attached hydrogens (tertiary/aromatic N) is 2. The fraction of sp³-hybridized carbons (Fsp3) is 0.250. The number of aryl methyl sites for hydroxylation is 3. The molecule has 1 heterocycles. The molecule has 158 valence electrons. The first-order valence-corrected chi connectivity index (χ1v) is 10.6. The van der Waals surface area contributed by atoms with Gasteiger partial charge in [-0.3, -0.25) is 14.4 Å². The summed E-state index contributed by atoms with van der Waals surface area (Å²) in [4.78, 5) is 35.9. The molecule has 2 aromatic carbocycles. The lowest BCUT2D eigenvalue weighted by Gasteiger charge is -2.11. The molecule has 1 N–H and O–H groups in total. The number of hydrogen-bond donors (Lipinski definition) is 1. The fourth-order valence-electron chi connectivity index (χ4n) is 2.99. The second-order valence-corrected chi connectivity index (χ2v) is 9.07. The Bertz CT molecular complexity index is 1390. The first kappa shape index (κ1) is 21.4. The van der Waals surface area contributed by atoms with Crippen molar-refractivity contribution in [2.24, 2.45) is 14.1 Å². The lowest BCUT2D eigenvalue weighted by atomic mass is 10.2. The maximum atomic E-state index is 13.6. The predicted octanol–water partition coefficient (Wildman–Crippen LogP) is 1.49. The lowest BCUT2D eigenvalue weighted by Crippen LogP contribution is -2.39. The molecule has 1 amide bonds. The number of sulfone groups is 1. The van der Waals surface area contributed by atoms with Gasteiger partial charge in [0, 0.05) is 26.2 Å². The van der Waals surface area contributed by atoms with Crippen molar-refractivity contribution < 1.29 is 17.6 Å². The molecule has 0 atom stereocenters. The Morgan fingerprint density at radius 1 is 1.00 bits per heavy atom. The van der Waals surface area contributed by atoms with Crippen LogP contribution in [0.5, 0.6) is 0 Å². The van der Waals surface area contributed by atoms with E-state index >= 15 is 0 Å². The van der Waals surface area contributed by atoms with Gasteiger partial charge in [0.1, 0.15) is 5.82 Å². The highest BCUT2D eigenvalue weighted by Gasteiger charge is 2.19. The van der Waals surface area contributed by atoms with Crippen LogP contribution in [0.1, 0.15) is 12.0 Å². The molecule has 30 heavy (non-hydrogen) atoms. The summed E-state index contributed by atoms with van der Waals surface area (Å²) in [5, 5.41) is 2.47. The van der Waals surface area contributed by atoms with Crippen molar-refractivity contribution in [2.75, 3.05) is 11.1 Å². The summed E-state index contributed by atoms with van der Waals surface area (Å²) < 4.78 is 41.2. The van der Waals surface area contributed by atoms with Gasteiger partial charge in [0.05, 0.1) is 21.7 Å². The van der Waals surface area contributed by atoms with Gasteiger partial charge in [-0.1, -0.05) is 6.07 Å². The number of rotatable bonds is 5. The third-order valence-corrected chi connectivity index (χ3v) is 6.59. The van der Waals surface area contributed by atoms with E-state index in [2.05, 4.69) is 5.32 Å². The number of carbonyl (C=O) groups is 1. The molecule has 0 radical (unpaired) electrons. The highest BCUT2D eigenvalue weighted by molar-refractivity contribution is 7.91. The van der Waals surface area contributed by atoms with Gasteiger partial charge < -0.3 is 14.5 Å². The number of anilines is 1. The summed E-state index contributed by atoms with van der Waals surface area (Å²) in [6.07, 6.45) is -0.331. The maximum Gasteiger partial charge on any atom is 0.316 e. The smallest absolute Gasteiger partial charge is 0.316 e. The minimum absolute atomic E-state index is 0.0715. The predicted molar refractivity (Wildman–Crippen MR) is 111 cm³/mol. The summed E-state index contributed by atoms with van der Waals surface area (Å²) in [5.74, 6) is -1.52. The van der Waals surface area contributed by atoms with Crippen molar-refractivity contribution in [3.8, 4) is 0 Å². The van der Waals surface area contributed by atoms with E-state index in [1.54, 1.807) is 6.92 Å². The van der Waals surface area contributed by atoms with Crippen molar-refractivity contribution in [3.05, 3.63) is 68.5 Å². The van der Waals surface area contributed by atoms with Gasteiger partial charge in [0.15, 0.2) is 9.84 Å². The molecular formula is C20H20FN3O5S. The topological polar surface area (TPSA) is 107 Å². The Hall–Kier alpha value is -3.27. The quantitative estimate of drug-likeness (QED) is 0.614. The second kappa shape index (κ2) is 7.86. The minimum atomic E-state index is -3.84. The Morgan fingerprint density at radius 3 is 2.27 bits per heavy atom. The summed E-state index contributed by atoms with van der Waals surface area (Å²) >= 11 is 0. The molecular weight excluding hydrogens is 413 g/mol. The zero-order chi connectivity index (χ0) is 22.2. The van der Waals surface area contributed by atoms with Crippen LogP contribution >= 0.6 is 0 Å². The van der Waals surface area contributed by atoms with Crippen LogP contribution in [0.15, 0.2) is 50.9 Å². The maximum absolute atomic E-state index is 13.6. The highest BCUT2D eigenvalue weighted by Crippen LogP contribution is 2.19. The average molecular weight is 433 g/mol. The Morgan fingerprint density at radius 2 is 1.63 bits per heavy atom. The Labute approximate surface area is 171 Å². The molecule has 0 saturated carbocycles. The summed E-state index contributed by atoms with van der Waals surface area (Å²) in [7, 11) is -1.03. The first-order valence-electron chi connectivity index (χ1n) is 9.00. The minimum Gasteiger partial charge on any atom is -0.326 e. The monoisotopic (exact) mass is 433 g/mol. The number of aromatic nitrogens is 2. The normalized spacial score (nSPS) is 11.6. The van der Waals surface area contributed by atoms with Crippen molar-refractivity contribution in [1.29, 1.82) is 0 Å². The van der Waals surface area contributed by atoms with Gasteiger partial charge in [-0.15, -0.1) is 0 Å². The first-order chi connectivity index (χ1) is 14.0. The van der Waals surface area contributed by atoms with E-state index in [4.69, 9.17) is 0 Å². The molecule has 0 fully saturated rings. The van der Waals surface area contributed by atoms with Gasteiger partial charge in [0.2, 0.25) is 5.91 Å². The van der Waals surface area contributed by atoms with Crippen LogP contribution in [-0.2, 0) is 28.7 Å². The average Bonchev–Trinajstić information content (AvgIpc) is 2.71. The molecule has 0 saturated heterocycles. The number of benzene rings is 2. The van der Waals surface area contributed by atoms with Gasteiger partial charge in [-0.25, -0.2) is 12.8 Å². The number of nitrogens with one attached hydrogen (secondary N) is 1. The van der Waals surface area contributed by atoms with E-state index in [1.807, 2.05) is 0 Å². The standard InChI is InChI=1S/C20H20FN3O5S/c1-12-4-5-13(10-15(12)21)22-18(25)8-9-30(28,29)14-6-7-16-17(11-14)24(3)20(27)19(26)23(16)2/h4-7,10-11H,8-9H2,1-3H3,(H,22,25). The van der Waals surface area contributed by atoms with Crippen LogP contribution in [0.2, 0.25) is 0 Å². The van der Waals surface area contributed by atoms with E-state index in [0.29, 0.717) is 11.1 Å². The van der Waals surface area contributed by atoms with Gasteiger partial charge in [-0.05, 0) is 42.8 Å². The molecule has 0 spiro atoms. The zero-order valence-electron chi connectivity index (χ0n) is 16.6. The molecule has 0 aliphatic carbocycles. The van der Waals surface area contributed by atoms with Gasteiger partial charge in [-0.2, -0.15) is 0 Å². The highest BCUT2D eigenvalue weighted by atomic mass is 32.2. The number of carbonyl (C=O) groups excluding carboxylic acids is 1. The number of hydrogen-bond acceptors (Lipinski definition) is 5. The van der Waals surface area contributed by atoms with Crippen LogP contribution in [0.3, 0.4) is 0 Å². The Balaban J connectivity index is 1.82. The van der Waals surface area contributed by atoms with Gasteiger partial charge in [0.25, 0.3) is 0 Å². The third-order valence-electron chi connectivity index (χ3n) is 4.87. The SMILES string of the molecule is Cc1ccc(NC(=O)CCS(=O)(=O)c2ccc3c(c2)n(C)c(=O)c(=O)n3C)cc1F. The summed E-state index contributed by atoms with van der Waals surface area (Å²) in [6, 6.07) is 8.27. The largest absolute Gasteiger partial charge is 0.326 e. The van der Waals surface area contributed by atoms with Gasteiger partial charge >= 0.3 is 11.1 Å². The van der Waals surface area contributed by atoms with Crippen molar-refractivity contribution in [3.63, 3.8) is 0 Å². The Kier molecular flexibility index (Phi) is 5.62. The second-order valence-electron chi connectivity index (χ2n) is 6.96. The molecule has 0 unspecified atom stereocenters. The number of fused-ring (bicyclic) bond motifs is 1. The van der Waals surface area contributed by atoms with E-state index in [-0.39, 0.29) is 22.5 Å². The van der Waals surface area contributed by atoms with E-state index < -0.39 is 38.4 Å².